The van der Waals surface area contributed by atoms with E-state index in [2.05, 4.69) is 116 Å². The summed E-state index contributed by atoms with van der Waals surface area (Å²) >= 11 is 0. The average molecular weight is 762 g/mol. The van der Waals surface area contributed by atoms with Gasteiger partial charge < -0.3 is 15.5 Å². The molecule has 0 radical (unpaired) electrons. The lowest BCUT2D eigenvalue weighted by molar-refractivity contribution is -0.123. The summed E-state index contributed by atoms with van der Waals surface area (Å²) < 4.78 is 0. The van der Waals surface area contributed by atoms with Crippen molar-refractivity contribution in [3.8, 4) is 0 Å². The Morgan fingerprint density at radius 2 is 0.800 bits per heavy atom. The van der Waals surface area contributed by atoms with E-state index >= 15 is 0 Å². The fraction of sp³-hybridized carbons (Fsp3) is 0.667. The molecule has 0 aliphatic rings. The molecule has 0 rings (SSSR count). The lowest BCUT2D eigenvalue weighted by atomic mass is 10.0. The Labute approximate surface area is 341 Å². The van der Waals surface area contributed by atoms with Crippen molar-refractivity contribution in [2.75, 3.05) is 6.61 Å². The Morgan fingerprint density at radius 3 is 1.20 bits per heavy atom. The van der Waals surface area contributed by atoms with Crippen LogP contribution >= 0.6 is 0 Å². The number of rotatable bonds is 40. The van der Waals surface area contributed by atoms with Gasteiger partial charge in [0.1, 0.15) is 0 Å². The number of hydrogen-bond acceptors (Lipinski definition) is 3. The van der Waals surface area contributed by atoms with Crippen LogP contribution in [0.3, 0.4) is 0 Å². The summed E-state index contributed by atoms with van der Waals surface area (Å²) in [5.74, 6) is -0.0467. The standard InChI is InChI=1S/C51H87NO3/c1-3-5-7-9-11-13-15-16-17-18-19-20-21-22-23-24-25-26-27-28-29-30-31-32-33-34-35-36-37-39-41-43-45-47-51(55)52-49(48-53)50(54)46-44-42-40-38-14-12-10-8-6-4-2/h5,7,11,13,16-17,19-20,22-23,25-26,28-29,31-32,49-50,53-54H,3-4,6,8-10,12,14-15,18,21,24,27,30,33-48H2,1-2H3,(H,52,55)/b7-5-,13-11-,17-16-,20-19-,23-22-,26-25-,29-28-,32-31-. The minimum Gasteiger partial charge on any atom is -0.394 e. The van der Waals surface area contributed by atoms with Crippen LogP contribution in [0.5, 0.6) is 0 Å². The van der Waals surface area contributed by atoms with Crippen LogP contribution < -0.4 is 5.32 Å². The van der Waals surface area contributed by atoms with Gasteiger partial charge in [-0.1, -0.05) is 214 Å². The second-order valence-electron chi connectivity index (χ2n) is 15.1. The molecule has 0 aromatic heterocycles. The summed E-state index contributed by atoms with van der Waals surface area (Å²) in [5, 5.41) is 23.1. The summed E-state index contributed by atoms with van der Waals surface area (Å²) in [7, 11) is 0. The van der Waals surface area contributed by atoms with Gasteiger partial charge in [0.05, 0.1) is 18.8 Å². The van der Waals surface area contributed by atoms with Crippen LogP contribution in [0.15, 0.2) is 97.2 Å². The highest BCUT2D eigenvalue weighted by molar-refractivity contribution is 5.76. The summed E-state index contributed by atoms with van der Waals surface area (Å²) in [5.41, 5.74) is 0. The van der Waals surface area contributed by atoms with Crippen molar-refractivity contribution in [2.24, 2.45) is 0 Å². The first-order valence-electron chi connectivity index (χ1n) is 22.9. The quantitative estimate of drug-likeness (QED) is 0.0430. The van der Waals surface area contributed by atoms with E-state index in [4.69, 9.17) is 0 Å². The number of amides is 1. The smallest absolute Gasteiger partial charge is 0.220 e. The highest BCUT2D eigenvalue weighted by Crippen LogP contribution is 2.14. The molecule has 4 nitrogen and oxygen atoms in total. The molecule has 1 amide bonds. The molecule has 314 valence electrons. The van der Waals surface area contributed by atoms with Gasteiger partial charge in [0.2, 0.25) is 5.91 Å². The van der Waals surface area contributed by atoms with Crippen LogP contribution in [0.2, 0.25) is 0 Å². The van der Waals surface area contributed by atoms with Gasteiger partial charge >= 0.3 is 0 Å². The summed E-state index contributed by atoms with van der Waals surface area (Å²) in [6, 6.07) is -0.545. The normalized spacial score (nSPS) is 13.9. The van der Waals surface area contributed by atoms with Gasteiger partial charge in [-0.25, -0.2) is 0 Å². The highest BCUT2D eigenvalue weighted by atomic mass is 16.3. The van der Waals surface area contributed by atoms with Crippen LogP contribution in [-0.4, -0.2) is 34.9 Å². The highest BCUT2D eigenvalue weighted by Gasteiger charge is 2.19. The van der Waals surface area contributed by atoms with Gasteiger partial charge in [0, 0.05) is 6.42 Å². The molecule has 0 aliphatic heterocycles. The summed E-state index contributed by atoms with van der Waals surface area (Å²) in [6.45, 7) is 4.21. The van der Waals surface area contributed by atoms with Crippen molar-refractivity contribution in [3.05, 3.63) is 97.2 Å². The predicted octanol–water partition coefficient (Wildman–Crippen LogP) is 14.6. The monoisotopic (exact) mass is 762 g/mol. The van der Waals surface area contributed by atoms with E-state index in [9.17, 15) is 15.0 Å². The number of hydrogen-bond donors (Lipinski definition) is 3. The van der Waals surface area contributed by atoms with Crippen molar-refractivity contribution < 1.29 is 15.0 Å². The maximum absolute atomic E-state index is 12.4. The van der Waals surface area contributed by atoms with E-state index in [-0.39, 0.29) is 12.5 Å². The molecule has 2 unspecified atom stereocenters. The average Bonchev–Trinajstić information content (AvgIpc) is 3.19. The first-order valence-corrected chi connectivity index (χ1v) is 22.9. The second kappa shape index (κ2) is 45.7. The number of allylic oxidation sites excluding steroid dienone is 16. The van der Waals surface area contributed by atoms with E-state index in [0.29, 0.717) is 12.8 Å². The Balaban J connectivity index is 3.60. The lowest BCUT2D eigenvalue weighted by Gasteiger charge is -2.22. The molecule has 2 atom stereocenters. The number of unbranched alkanes of at least 4 members (excludes halogenated alkanes) is 17. The zero-order valence-corrected chi connectivity index (χ0v) is 35.9. The third-order valence-corrected chi connectivity index (χ3v) is 9.86. The first kappa shape index (κ1) is 52.3. The van der Waals surface area contributed by atoms with Crippen LogP contribution in [0, 0.1) is 0 Å². The van der Waals surface area contributed by atoms with E-state index in [1.54, 1.807) is 0 Å². The van der Waals surface area contributed by atoms with Crippen molar-refractivity contribution in [1.29, 1.82) is 0 Å². The second-order valence-corrected chi connectivity index (χ2v) is 15.1. The molecule has 0 saturated carbocycles. The van der Waals surface area contributed by atoms with Gasteiger partial charge in [-0.2, -0.15) is 0 Å². The van der Waals surface area contributed by atoms with Crippen molar-refractivity contribution in [2.45, 2.75) is 212 Å². The van der Waals surface area contributed by atoms with Crippen molar-refractivity contribution in [1.82, 2.24) is 5.32 Å². The number of carbonyl (C=O) groups is 1. The Morgan fingerprint density at radius 1 is 0.455 bits per heavy atom. The molecule has 0 saturated heterocycles. The zero-order chi connectivity index (χ0) is 40.0. The topological polar surface area (TPSA) is 69.6 Å². The van der Waals surface area contributed by atoms with Crippen LogP contribution in [0.25, 0.3) is 0 Å². The van der Waals surface area contributed by atoms with Gasteiger partial charge in [-0.05, 0) is 77.0 Å². The fourth-order valence-electron chi connectivity index (χ4n) is 6.37. The van der Waals surface area contributed by atoms with Crippen LogP contribution in [-0.2, 0) is 4.79 Å². The summed E-state index contributed by atoms with van der Waals surface area (Å²) in [6.07, 6.45) is 67.8. The molecule has 0 spiro atoms. The van der Waals surface area contributed by atoms with Crippen molar-refractivity contribution in [3.63, 3.8) is 0 Å². The maximum atomic E-state index is 12.4. The largest absolute Gasteiger partial charge is 0.394 e. The van der Waals surface area contributed by atoms with E-state index in [1.807, 2.05) is 0 Å². The molecule has 0 aromatic rings. The Bertz CT molecular complexity index is 1050. The van der Waals surface area contributed by atoms with E-state index in [0.717, 1.165) is 77.0 Å². The molecule has 3 N–H and O–H groups in total. The molecule has 0 fully saturated rings. The Kier molecular flexibility index (Phi) is 43.5. The fourth-order valence-corrected chi connectivity index (χ4v) is 6.37. The number of carbonyl (C=O) groups excluding carboxylic acids is 1. The SMILES string of the molecule is CC/C=C\C/C=C\C/C=C\C/C=C\C/C=C\C/C=C\C/C=C\C/C=C\CCCCCCCCCCC(=O)NC(CO)C(O)CCCCCCCCCCCC. The molecule has 4 heteroatoms. The number of aliphatic hydroxyl groups excluding tert-OH is 2. The maximum Gasteiger partial charge on any atom is 0.220 e. The minimum absolute atomic E-state index is 0.0467. The molecule has 0 bridgehead atoms. The molecule has 55 heavy (non-hydrogen) atoms. The predicted molar refractivity (Wildman–Crippen MR) is 243 cm³/mol. The van der Waals surface area contributed by atoms with Gasteiger partial charge in [-0.3, -0.25) is 4.79 Å². The molecule has 0 heterocycles. The molecule has 0 aromatic carbocycles. The third-order valence-electron chi connectivity index (χ3n) is 9.86. The first-order chi connectivity index (χ1) is 27.2. The van der Waals surface area contributed by atoms with Gasteiger partial charge in [-0.15, -0.1) is 0 Å². The lowest BCUT2D eigenvalue weighted by Crippen LogP contribution is -2.45. The van der Waals surface area contributed by atoms with Gasteiger partial charge in [0.15, 0.2) is 0 Å². The van der Waals surface area contributed by atoms with Crippen LogP contribution in [0.4, 0.5) is 0 Å². The zero-order valence-electron chi connectivity index (χ0n) is 35.9. The molecule has 0 aliphatic carbocycles. The van der Waals surface area contributed by atoms with Crippen LogP contribution in [0.1, 0.15) is 200 Å². The Hall–Kier alpha value is -2.69. The van der Waals surface area contributed by atoms with E-state index < -0.39 is 12.1 Å². The minimum atomic E-state index is -0.667. The molecular formula is C51H87NO3. The number of aliphatic hydroxyl groups is 2. The summed E-state index contributed by atoms with van der Waals surface area (Å²) in [4.78, 5) is 12.4. The molecular weight excluding hydrogens is 675 g/mol. The van der Waals surface area contributed by atoms with E-state index in [1.165, 1.54) is 96.3 Å². The van der Waals surface area contributed by atoms with Gasteiger partial charge in [0.25, 0.3) is 0 Å². The third kappa shape index (κ3) is 42.3. The van der Waals surface area contributed by atoms with Crippen molar-refractivity contribution >= 4 is 5.91 Å². The number of nitrogens with one attached hydrogen (secondary N) is 1.